The van der Waals surface area contributed by atoms with E-state index in [1.54, 1.807) is 99.8 Å². The number of carbonyl (C=O) groups excluding carboxylic acids is 4. The van der Waals surface area contributed by atoms with E-state index < -0.39 is 23.0 Å². The smallest absolute Gasteiger partial charge is 0.341 e. The standard InChI is InChI=1S/C40H37N3O6S2/c1-5-49-40(47)35-33(28-18-14-25(2)15-19-28)24-50-39(35)43-36(44)26(3)51-32-13-9-12-30(23-32)41-38(46)34(22-27-16-20-31(48-4)21-17-27)42-37(45)29-10-7-6-8-11-29/h6-24,26H,5H2,1-4H3,(H,41,46)(H,42,45)(H,43,44)/b34-22+. The summed E-state index contributed by atoms with van der Waals surface area (Å²) in [6.45, 7) is 5.69. The molecule has 0 aliphatic heterocycles. The molecule has 1 heterocycles. The molecule has 260 valence electrons. The normalized spacial score (nSPS) is 11.6. The third-order valence-electron chi connectivity index (χ3n) is 7.60. The number of thiophene rings is 1. The van der Waals surface area contributed by atoms with E-state index in [2.05, 4.69) is 16.0 Å². The van der Waals surface area contributed by atoms with Crippen molar-refractivity contribution in [3.63, 3.8) is 0 Å². The lowest BCUT2D eigenvalue weighted by atomic mass is 10.0. The minimum Gasteiger partial charge on any atom is -0.497 e. The van der Waals surface area contributed by atoms with Crippen molar-refractivity contribution in [3.05, 3.63) is 136 Å². The Morgan fingerprint density at radius 1 is 0.882 bits per heavy atom. The lowest BCUT2D eigenvalue weighted by Gasteiger charge is -2.14. The first-order valence-electron chi connectivity index (χ1n) is 16.1. The van der Waals surface area contributed by atoms with E-state index in [0.29, 0.717) is 38.7 Å². The summed E-state index contributed by atoms with van der Waals surface area (Å²) in [5.74, 6) is -1.11. The van der Waals surface area contributed by atoms with Crippen molar-refractivity contribution in [3.8, 4) is 16.9 Å². The van der Waals surface area contributed by atoms with Crippen LogP contribution in [-0.4, -0.2) is 42.7 Å². The summed E-state index contributed by atoms with van der Waals surface area (Å²) in [6.07, 6.45) is 1.58. The molecule has 51 heavy (non-hydrogen) atoms. The van der Waals surface area contributed by atoms with Gasteiger partial charge < -0.3 is 25.4 Å². The van der Waals surface area contributed by atoms with Crippen molar-refractivity contribution in [2.24, 2.45) is 0 Å². The highest BCUT2D eigenvalue weighted by Crippen LogP contribution is 2.37. The molecule has 0 saturated heterocycles. The summed E-state index contributed by atoms with van der Waals surface area (Å²) < 4.78 is 10.6. The van der Waals surface area contributed by atoms with E-state index in [9.17, 15) is 19.2 Å². The molecule has 11 heteroatoms. The molecule has 1 aromatic heterocycles. The number of hydrogen-bond donors (Lipinski definition) is 3. The van der Waals surface area contributed by atoms with E-state index in [4.69, 9.17) is 9.47 Å². The highest BCUT2D eigenvalue weighted by atomic mass is 32.2. The summed E-state index contributed by atoms with van der Waals surface area (Å²) >= 11 is 2.56. The number of rotatable bonds is 13. The SMILES string of the molecule is CCOC(=O)c1c(-c2ccc(C)cc2)csc1NC(=O)C(C)Sc1cccc(NC(=O)/C(=C\c2ccc(OC)cc2)NC(=O)c2ccccc2)c1. The van der Waals surface area contributed by atoms with E-state index in [-0.39, 0.29) is 18.2 Å². The van der Waals surface area contributed by atoms with Gasteiger partial charge in [-0.3, -0.25) is 14.4 Å². The number of esters is 1. The van der Waals surface area contributed by atoms with E-state index in [0.717, 1.165) is 16.0 Å². The monoisotopic (exact) mass is 719 g/mol. The number of nitrogens with one attached hydrogen (secondary N) is 3. The van der Waals surface area contributed by atoms with Crippen LogP contribution in [0.4, 0.5) is 10.7 Å². The molecule has 1 unspecified atom stereocenters. The fourth-order valence-electron chi connectivity index (χ4n) is 4.93. The maximum Gasteiger partial charge on any atom is 0.341 e. The summed E-state index contributed by atoms with van der Waals surface area (Å²) in [5.41, 5.74) is 4.55. The second-order valence-corrected chi connectivity index (χ2v) is 13.6. The fourth-order valence-corrected chi connectivity index (χ4v) is 6.81. The largest absolute Gasteiger partial charge is 0.497 e. The summed E-state index contributed by atoms with van der Waals surface area (Å²) in [5, 5.41) is 10.2. The molecule has 0 fully saturated rings. The molecule has 0 bridgehead atoms. The summed E-state index contributed by atoms with van der Waals surface area (Å²) in [6, 6.07) is 30.6. The zero-order chi connectivity index (χ0) is 36.3. The van der Waals surface area contributed by atoms with Gasteiger partial charge in [0.2, 0.25) is 5.91 Å². The topological polar surface area (TPSA) is 123 Å². The Labute approximate surface area is 305 Å². The number of benzene rings is 4. The molecule has 4 aromatic carbocycles. The van der Waals surface area contributed by atoms with Crippen LogP contribution in [0.15, 0.2) is 119 Å². The highest BCUT2D eigenvalue weighted by molar-refractivity contribution is 8.00. The maximum absolute atomic E-state index is 13.6. The van der Waals surface area contributed by atoms with Gasteiger partial charge in [-0.25, -0.2) is 4.79 Å². The van der Waals surface area contributed by atoms with Crippen LogP contribution in [0.1, 0.15) is 45.7 Å². The van der Waals surface area contributed by atoms with Gasteiger partial charge in [-0.2, -0.15) is 0 Å². The molecule has 0 spiro atoms. The second kappa shape index (κ2) is 17.3. The van der Waals surface area contributed by atoms with Gasteiger partial charge in [0.1, 0.15) is 22.0 Å². The molecule has 0 aliphatic carbocycles. The number of amides is 3. The molecule has 3 N–H and O–H groups in total. The highest BCUT2D eigenvalue weighted by Gasteiger charge is 2.25. The number of anilines is 2. The lowest BCUT2D eigenvalue weighted by molar-refractivity contribution is -0.115. The quantitative estimate of drug-likeness (QED) is 0.0634. The van der Waals surface area contributed by atoms with Crippen LogP contribution in [-0.2, 0) is 14.3 Å². The Kier molecular flexibility index (Phi) is 12.4. The Morgan fingerprint density at radius 2 is 1.61 bits per heavy atom. The van der Waals surface area contributed by atoms with Crippen molar-refractivity contribution in [1.29, 1.82) is 0 Å². The maximum atomic E-state index is 13.6. The number of hydrogen-bond acceptors (Lipinski definition) is 8. The minimum absolute atomic E-state index is 0.0400. The number of methoxy groups -OCH3 is 1. The third-order valence-corrected chi connectivity index (χ3v) is 9.59. The Morgan fingerprint density at radius 3 is 2.29 bits per heavy atom. The van der Waals surface area contributed by atoms with E-state index >= 15 is 0 Å². The van der Waals surface area contributed by atoms with Crippen molar-refractivity contribution in [1.82, 2.24) is 5.32 Å². The Hall–Kier alpha value is -5.65. The molecule has 5 aromatic rings. The van der Waals surface area contributed by atoms with Gasteiger partial charge in [-0.15, -0.1) is 23.1 Å². The van der Waals surface area contributed by atoms with Crippen molar-refractivity contribution in [2.75, 3.05) is 24.4 Å². The average molecular weight is 720 g/mol. The molecule has 3 amide bonds. The number of aryl methyl sites for hydroxylation is 1. The van der Waals surface area contributed by atoms with Crippen LogP contribution >= 0.6 is 23.1 Å². The van der Waals surface area contributed by atoms with Gasteiger partial charge in [0.25, 0.3) is 11.8 Å². The molecular weight excluding hydrogens is 683 g/mol. The Balaban J connectivity index is 1.30. The summed E-state index contributed by atoms with van der Waals surface area (Å²) in [4.78, 5) is 53.8. The van der Waals surface area contributed by atoms with Gasteiger partial charge in [0.15, 0.2) is 0 Å². The molecule has 5 rings (SSSR count). The van der Waals surface area contributed by atoms with Crippen molar-refractivity contribution >= 4 is 63.6 Å². The van der Waals surface area contributed by atoms with Crippen LogP contribution < -0.4 is 20.7 Å². The number of thioether (sulfide) groups is 1. The van der Waals surface area contributed by atoms with E-state index in [1.165, 1.54) is 23.1 Å². The van der Waals surface area contributed by atoms with Crippen LogP contribution in [0, 0.1) is 6.92 Å². The van der Waals surface area contributed by atoms with Gasteiger partial charge in [0, 0.05) is 27.1 Å². The second-order valence-electron chi connectivity index (χ2n) is 11.3. The molecule has 0 radical (unpaired) electrons. The molecule has 0 aliphatic rings. The number of carbonyl (C=O) groups is 4. The van der Waals surface area contributed by atoms with Gasteiger partial charge in [-0.1, -0.05) is 66.2 Å². The zero-order valence-corrected chi connectivity index (χ0v) is 30.2. The Bertz CT molecular complexity index is 2040. The first kappa shape index (κ1) is 36.6. The average Bonchev–Trinajstić information content (AvgIpc) is 3.55. The van der Waals surface area contributed by atoms with Gasteiger partial charge >= 0.3 is 5.97 Å². The van der Waals surface area contributed by atoms with Gasteiger partial charge in [0.05, 0.1) is 19.0 Å². The minimum atomic E-state index is -0.563. The van der Waals surface area contributed by atoms with Crippen LogP contribution in [0.3, 0.4) is 0 Å². The van der Waals surface area contributed by atoms with Crippen molar-refractivity contribution in [2.45, 2.75) is 30.9 Å². The van der Waals surface area contributed by atoms with Crippen LogP contribution in [0.25, 0.3) is 17.2 Å². The third kappa shape index (κ3) is 9.74. The molecular formula is C40H37N3O6S2. The molecule has 0 saturated carbocycles. The molecule has 9 nitrogen and oxygen atoms in total. The van der Waals surface area contributed by atoms with E-state index in [1.807, 2.05) is 42.6 Å². The molecule has 1 atom stereocenters. The van der Waals surface area contributed by atoms with Crippen LogP contribution in [0.2, 0.25) is 0 Å². The summed E-state index contributed by atoms with van der Waals surface area (Å²) in [7, 11) is 1.57. The predicted octanol–water partition coefficient (Wildman–Crippen LogP) is 8.44. The fraction of sp³-hybridized carbons (Fsp3) is 0.150. The first-order valence-corrected chi connectivity index (χ1v) is 17.9. The lowest BCUT2D eigenvalue weighted by Crippen LogP contribution is -2.30. The number of ether oxygens (including phenoxy) is 2. The predicted molar refractivity (Wildman–Crippen MR) is 204 cm³/mol. The van der Waals surface area contributed by atoms with Crippen LogP contribution in [0.5, 0.6) is 5.75 Å². The van der Waals surface area contributed by atoms with Gasteiger partial charge in [-0.05, 0) is 80.4 Å². The zero-order valence-electron chi connectivity index (χ0n) is 28.5. The first-order chi connectivity index (χ1) is 24.6. The van der Waals surface area contributed by atoms with Crippen molar-refractivity contribution < 1.29 is 28.7 Å².